The zero-order valence-electron chi connectivity index (χ0n) is 16.0. The maximum atomic E-state index is 12.9. The van der Waals surface area contributed by atoms with Crippen LogP contribution >= 0.6 is 0 Å². The molecule has 0 spiro atoms. The highest BCUT2D eigenvalue weighted by Gasteiger charge is 2.26. The van der Waals surface area contributed by atoms with Gasteiger partial charge in [-0.25, -0.2) is 0 Å². The molecule has 0 amide bonds. The predicted octanol–water partition coefficient (Wildman–Crippen LogP) is 1.24. The molecule has 0 aliphatic rings. The Morgan fingerprint density at radius 2 is 1.27 bits per heavy atom. The molecule has 0 unspecified atom stereocenters. The molecule has 0 bridgehead atoms. The van der Waals surface area contributed by atoms with Gasteiger partial charge in [0.15, 0.2) is 0 Å². The number of likely N-dealkylation sites (N-methyl/N-ethyl adjacent to an activating group) is 1. The quantitative estimate of drug-likeness (QED) is 0.451. The average Bonchev–Trinajstić information content (AvgIpc) is 2.68. The number of esters is 1. The van der Waals surface area contributed by atoms with Gasteiger partial charge in [-0.3, -0.25) is 4.79 Å². The van der Waals surface area contributed by atoms with Crippen LogP contribution in [0.15, 0.2) is 60.7 Å². The Kier molecular flexibility index (Phi) is 9.60. The van der Waals surface area contributed by atoms with Crippen molar-refractivity contribution in [2.75, 3.05) is 32.8 Å². The van der Waals surface area contributed by atoms with E-state index in [1.807, 2.05) is 60.7 Å². The fraction of sp³-hybridized carbons (Fsp3) is 0.409. The smallest absolute Gasteiger partial charge is 0.318 e. The van der Waals surface area contributed by atoms with Crippen LogP contribution in [0.1, 0.15) is 37.8 Å². The molecule has 2 aromatic rings. The number of nitrogens with zero attached hydrogens (tertiary/aromatic N) is 1. The number of rotatable bonds is 9. The molecule has 0 fully saturated rings. The third kappa shape index (κ3) is 5.68. The second kappa shape index (κ2) is 11.1. The van der Waals surface area contributed by atoms with E-state index in [0.29, 0.717) is 6.61 Å². The van der Waals surface area contributed by atoms with E-state index < -0.39 is 0 Å². The van der Waals surface area contributed by atoms with Gasteiger partial charge in [-0.1, -0.05) is 60.7 Å². The molecule has 0 radical (unpaired) electrons. The number of benzene rings is 2. The van der Waals surface area contributed by atoms with Crippen LogP contribution in [0.2, 0.25) is 0 Å². The molecule has 0 aliphatic carbocycles. The van der Waals surface area contributed by atoms with Gasteiger partial charge in [-0.15, -0.1) is 0 Å². The maximum absolute atomic E-state index is 12.9. The highest BCUT2D eigenvalue weighted by molar-refractivity contribution is 5.82. The van der Waals surface area contributed by atoms with Gasteiger partial charge in [0.2, 0.25) is 0 Å². The minimum atomic E-state index is -0.367. The number of quaternary nitrogens is 1. The van der Waals surface area contributed by atoms with Gasteiger partial charge in [-0.2, -0.15) is 0 Å². The molecule has 0 atom stereocenters. The van der Waals surface area contributed by atoms with Crippen LogP contribution in [0.3, 0.4) is 0 Å². The normalized spacial score (nSPS) is 11.1. The number of ether oxygens (including phenoxy) is 1. The molecule has 0 N–H and O–H groups in total. The van der Waals surface area contributed by atoms with Crippen molar-refractivity contribution in [1.82, 2.24) is 0 Å². The Morgan fingerprint density at radius 1 is 0.846 bits per heavy atom. The molecule has 0 aromatic heterocycles. The summed E-state index contributed by atoms with van der Waals surface area (Å²) in [6.07, 6.45) is 0. The first-order valence-corrected chi connectivity index (χ1v) is 9.27. The Morgan fingerprint density at radius 3 is 1.65 bits per heavy atom. The highest BCUT2D eigenvalue weighted by Crippen LogP contribution is 2.26. The molecule has 142 valence electrons. The Bertz CT molecular complexity index is 594. The van der Waals surface area contributed by atoms with Gasteiger partial charge in [0.25, 0.3) is 0 Å². The lowest BCUT2D eigenvalue weighted by Gasteiger charge is -2.35. The van der Waals surface area contributed by atoms with Gasteiger partial charge >= 0.3 is 5.97 Å². The molecular weight excluding hydrogens is 390 g/mol. The molecule has 0 aliphatic heterocycles. The fourth-order valence-corrected chi connectivity index (χ4v) is 3.32. The van der Waals surface area contributed by atoms with E-state index in [1.54, 1.807) is 0 Å². The summed E-state index contributed by atoms with van der Waals surface area (Å²) in [4.78, 5) is 12.9. The van der Waals surface area contributed by atoms with Crippen molar-refractivity contribution in [3.63, 3.8) is 0 Å². The van der Waals surface area contributed by atoms with E-state index in [0.717, 1.165) is 41.8 Å². The summed E-state index contributed by atoms with van der Waals surface area (Å²) in [6.45, 7) is 11.1. The molecule has 3 nitrogen and oxygen atoms in total. The zero-order valence-corrected chi connectivity index (χ0v) is 17.6. The Hall–Kier alpha value is -1.65. The van der Waals surface area contributed by atoms with E-state index in [-0.39, 0.29) is 28.9 Å². The minimum absolute atomic E-state index is 0. The first-order valence-electron chi connectivity index (χ1n) is 9.27. The van der Waals surface area contributed by atoms with Crippen LogP contribution in [0, 0.1) is 0 Å². The van der Waals surface area contributed by atoms with Gasteiger partial charge in [0.05, 0.1) is 19.6 Å². The van der Waals surface area contributed by atoms with Crippen molar-refractivity contribution in [3.8, 4) is 0 Å². The van der Waals surface area contributed by atoms with E-state index in [2.05, 4.69) is 20.8 Å². The summed E-state index contributed by atoms with van der Waals surface area (Å²) < 4.78 is 6.70. The highest BCUT2D eigenvalue weighted by atomic mass is 79.9. The Labute approximate surface area is 168 Å². The van der Waals surface area contributed by atoms with Crippen molar-refractivity contribution < 1.29 is 31.0 Å². The van der Waals surface area contributed by atoms with Crippen molar-refractivity contribution >= 4 is 5.97 Å². The van der Waals surface area contributed by atoms with E-state index in [1.165, 1.54) is 0 Å². The summed E-state index contributed by atoms with van der Waals surface area (Å²) in [7, 11) is 0. The molecule has 0 saturated heterocycles. The molecule has 2 rings (SSSR count). The predicted molar refractivity (Wildman–Crippen MR) is 102 cm³/mol. The molecule has 0 saturated carbocycles. The second-order valence-corrected chi connectivity index (χ2v) is 6.44. The van der Waals surface area contributed by atoms with Gasteiger partial charge in [-0.05, 0) is 31.9 Å². The van der Waals surface area contributed by atoms with Crippen LogP contribution < -0.4 is 17.0 Å². The van der Waals surface area contributed by atoms with Crippen molar-refractivity contribution in [3.05, 3.63) is 71.8 Å². The topological polar surface area (TPSA) is 26.3 Å². The van der Waals surface area contributed by atoms with Crippen molar-refractivity contribution in [2.45, 2.75) is 26.7 Å². The third-order valence-electron chi connectivity index (χ3n) is 5.32. The van der Waals surface area contributed by atoms with Gasteiger partial charge < -0.3 is 26.2 Å². The molecule has 4 heteroatoms. The average molecular weight is 420 g/mol. The summed E-state index contributed by atoms with van der Waals surface area (Å²) in [5.74, 6) is -0.534. The van der Waals surface area contributed by atoms with E-state index >= 15 is 0 Å². The number of hydrogen-bond donors (Lipinski definition) is 0. The second-order valence-electron chi connectivity index (χ2n) is 6.44. The minimum Gasteiger partial charge on any atom is -1.00 e. The first-order chi connectivity index (χ1) is 12.2. The van der Waals surface area contributed by atoms with Crippen LogP contribution in [-0.4, -0.2) is 43.2 Å². The number of carbonyl (C=O) groups is 1. The van der Waals surface area contributed by atoms with Gasteiger partial charge in [0, 0.05) is 0 Å². The SMILES string of the molecule is CC[N+](CC)(CC)CCOC(=O)C(c1ccccc1)c1ccccc1.[Br-]. The van der Waals surface area contributed by atoms with Gasteiger partial charge in [0.1, 0.15) is 19.1 Å². The van der Waals surface area contributed by atoms with Crippen LogP contribution in [0.5, 0.6) is 0 Å². The Balaban J connectivity index is 0.00000338. The summed E-state index contributed by atoms with van der Waals surface area (Å²) in [6, 6.07) is 19.7. The number of hydrogen-bond acceptors (Lipinski definition) is 2. The maximum Gasteiger partial charge on any atom is 0.318 e. The summed E-state index contributed by atoms with van der Waals surface area (Å²) in [5, 5.41) is 0. The van der Waals surface area contributed by atoms with E-state index in [4.69, 9.17) is 4.74 Å². The fourth-order valence-electron chi connectivity index (χ4n) is 3.32. The monoisotopic (exact) mass is 419 g/mol. The van der Waals surface area contributed by atoms with Crippen LogP contribution in [-0.2, 0) is 9.53 Å². The molecule has 0 heterocycles. The van der Waals surface area contributed by atoms with Crippen molar-refractivity contribution in [2.24, 2.45) is 0 Å². The number of carbonyl (C=O) groups excluding carboxylic acids is 1. The first kappa shape index (κ1) is 22.4. The standard InChI is InChI=1S/C22H30NO2.BrH/c1-4-23(5-2,6-3)17-18-25-22(24)21(19-13-9-7-10-14-19)20-15-11-8-12-16-20;/h7-16,21H,4-6,17-18H2,1-3H3;1H/q+1;/p-1. The van der Waals surface area contributed by atoms with E-state index in [9.17, 15) is 4.79 Å². The van der Waals surface area contributed by atoms with Crippen LogP contribution in [0.25, 0.3) is 0 Å². The lowest BCUT2D eigenvalue weighted by molar-refractivity contribution is -0.923. The lowest BCUT2D eigenvalue weighted by atomic mass is 9.91. The molecule has 2 aromatic carbocycles. The third-order valence-corrected chi connectivity index (χ3v) is 5.32. The number of halogens is 1. The van der Waals surface area contributed by atoms with Crippen molar-refractivity contribution in [1.29, 1.82) is 0 Å². The lowest BCUT2D eigenvalue weighted by Crippen LogP contribution is -3.00. The molecular formula is C22H30BrNO2. The van der Waals surface area contributed by atoms with Crippen LogP contribution in [0.4, 0.5) is 0 Å². The largest absolute Gasteiger partial charge is 1.00 e. The summed E-state index contributed by atoms with van der Waals surface area (Å²) in [5.41, 5.74) is 1.95. The summed E-state index contributed by atoms with van der Waals surface area (Å²) >= 11 is 0. The zero-order chi connectivity index (χ0) is 18.1. The molecule has 26 heavy (non-hydrogen) atoms.